The predicted octanol–water partition coefficient (Wildman–Crippen LogP) is -4.53. The fourth-order valence-electron chi connectivity index (χ4n) is 8.93. The van der Waals surface area contributed by atoms with Gasteiger partial charge in [0, 0.05) is 26.6 Å². The number of carbonyl (C=O) groups excluding carboxylic acids is 1. The highest BCUT2D eigenvalue weighted by Gasteiger charge is 2.54. The molecular formula is C35H50N17O24P4+. The van der Waals surface area contributed by atoms with E-state index >= 15 is 0 Å². The minimum Gasteiger partial charge on any atom is -0.387 e. The number of phosphoric acid groups is 4. The molecule has 2 amide bonds. The normalized spacial score (nSPS) is 29.2. The second-order valence-corrected chi connectivity index (χ2v) is 23.6. The molecule has 6 aromatic rings. The zero-order chi connectivity index (χ0) is 58.0. The average Bonchev–Trinajstić information content (AvgIpc) is 4.23. The molecule has 0 bridgehead atoms. The summed E-state index contributed by atoms with van der Waals surface area (Å²) in [6.07, 6.45) is -13.4. The number of H-pyrrole nitrogens is 2. The van der Waals surface area contributed by atoms with Crippen molar-refractivity contribution >= 4 is 88.5 Å². The second kappa shape index (κ2) is 22.5. The lowest BCUT2D eigenvalue weighted by Crippen LogP contribution is -2.47. The van der Waals surface area contributed by atoms with Gasteiger partial charge in [0.1, 0.15) is 54.6 Å². The lowest BCUT2D eigenvalue weighted by molar-refractivity contribution is -0.745. The molecular weight excluding hydrogens is 1170 g/mol. The summed E-state index contributed by atoms with van der Waals surface area (Å²) >= 11 is 0. The van der Waals surface area contributed by atoms with Crippen molar-refractivity contribution in [1.82, 2.24) is 64.2 Å². The molecule has 3 fully saturated rings. The molecule has 16 atom stereocenters. The summed E-state index contributed by atoms with van der Waals surface area (Å²) in [6.45, 7) is -3.71. The van der Waals surface area contributed by atoms with Gasteiger partial charge in [-0.2, -0.15) is 13.6 Å². The monoisotopic (exact) mass is 1220 g/mol. The van der Waals surface area contributed by atoms with Gasteiger partial charge in [-0.15, -0.1) is 0 Å². The standard InChI is InChI=1S/C35H49N17O24P4/c1-39-35(58)40-4-12-13(71-30(19(12)53)52-11-49(2)18-27(52)46-34(38)48-29(18)57)5-69-78(61,62)75-80(65,66)76-79(63,64)70-7-15-22(23(67-3)32(73-15)50-9-43-16-24(36)41-8-42-25(16)50)74-77(59,60)68-6-14-20(54)21(55)31(72-14)51-10-44-17-26(51)45-33(37)47-28(17)56/h8-15,19-23,30-32,53-55H,4-7H2,1-3H3,(H13-,36,37,38,39,40,41,42,45,46,47,48,56,57,58,59,60,61,62,63,64,65,66)/p+1/t12-,13-,14-,15-,19-,20-,21-,22-,23-,30-,31-,32-/m1/s1. The van der Waals surface area contributed by atoms with Crippen molar-refractivity contribution in [3.05, 3.63) is 46.0 Å². The van der Waals surface area contributed by atoms with Gasteiger partial charge in [0.15, 0.2) is 41.4 Å². The van der Waals surface area contributed by atoms with Gasteiger partial charge in [0.25, 0.3) is 17.1 Å². The number of aliphatic hydroxyl groups is 3. The molecule has 3 aliphatic rings. The van der Waals surface area contributed by atoms with Crippen LogP contribution in [0.5, 0.6) is 0 Å². The zero-order valence-corrected chi connectivity index (χ0v) is 44.7. The van der Waals surface area contributed by atoms with E-state index in [-0.39, 0.29) is 57.8 Å². The van der Waals surface area contributed by atoms with Gasteiger partial charge in [-0.25, -0.2) is 47.6 Å². The molecule has 9 heterocycles. The minimum atomic E-state index is -6.24. The number of nitrogens with zero attached hydrogens (tertiary/aromatic N) is 10. The number of nitrogens with one attached hydrogen (secondary N) is 4. The van der Waals surface area contributed by atoms with E-state index in [1.807, 2.05) is 0 Å². The summed E-state index contributed by atoms with van der Waals surface area (Å²) in [4.78, 5) is 109. The molecule has 0 radical (unpaired) electrons. The number of nitrogens with two attached hydrogens (primary N) is 3. The van der Waals surface area contributed by atoms with Gasteiger partial charge in [-0.3, -0.25) is 51.4 Å². The third-order valence-electron chi connectivity index (χ3n) is 12.5. The topological polar surface area (TPSA) is 583 Å². The number of aliphatic hydroxyl groups excluding tert-OH is 3. The van der Waals surface area contributed by atoms with Crippen LogP contribution in [0.1, 0.15) is 18.7 Å². The first-order chi connectivity index (χ1) is 37.6. The summed E-state index contributed by atoms with van der Waals surface area (Å²) < 4.78 is 111. The average molecular weight is 1220 g/mol. The Morgan fingerprint density at radius 2 is 1.34 bits per heavy atom. The van der Waals surface area contributed by atoms with Crippen LogP contribution in [0.3, 0.4) is 0 Å². The van der Waals surface area contributed by atoms with E-state index in [4.69, 9.17) is 54.2 Å². The third kappa shape index (κ3) is 12.0. The van der Waals surface area contributed by atoms with E-state index in [0.717, 1.165) is 30.7 Å². The Hall–Kier alpha value is -5.84. The number of nitrogen functional groups attached to an aromatic ring is 3. The van der Waals surface area contributed by atoms with Crippen LogP contribution >= 0.6 is 31.3 Å². The number of aryl methyl sites for hydroxylation is 1. The van der Waals surface area contributed by atoms with E-state index in [0.29, 0.717) is 0 Å². The van der Waals surface area contributed by atoms with Crippen molar-refractivity contribution < 1.29 is 108 Å². The Morgan fingerprint density at radius 1 is 0.738 bits per heavy atom. The van der Waals surface area contributed by atoms with Crippen LogP contribution in [0.25, 0.3) is 33.5 Å². The van der Waals surface area contributed by atoms with Gasteiger partial charge >= 0.3 is 43.0 Å². The number of phosphoric ester groups is 3. The Balaban J connectivity index is 0.876. The molecule has 17 N–H and O–H groups in total. The minimum absolute atomic E-state index is 0.00288. The first-order valence-electron chi connectivity index (χ1n) is 22.9. The molecule has 438 valence electrons. The summed E-state index contributed by atoms with van der Waals surface area (Å²) in [5.41, 5.74) is 15.6. The zero-order valence-electron chi connectivity index (χ0n) is 41.1. The fraction of sp³-hybridized carbons (Fsp3) is 0.543. The molecule has 4 unspecified atom stereocenters. The van der Waals surface area contributed by atoms with Crippen LogP contribution in [0.4, 0.5) is 22.5 Å². The van der Waals surface area contributed by atoms with Crippen molar-refractivity contribution in [2.75, 3.05) is 57.7 Å². The number of fused-ring (bicyclic) bond motifs is 3. The Kier molecular flexibility index (Phi) is 16.5. The number of amides is 2. The van der Waals surface area contributed by atoms with Gasteiger partial charge in [-0.1, -0.05) is 4.98 Å². The second-order valence-electron chi connectivity index (χ2n) is 17.6. The molecule has 45 heteroatoms. The highest BCUT2D eigenvalue weighted by Crippen LogP contribution is 2.68. The maximum atomic E-state index is 13.7. The predicted molar refractivity (Wildman–Crippen MR) is 259 cm³/mol. The molecule has 3 aliphatic heterocycles. The van der Waals surface area contributed by atoms with Gasteiger partial charge in [-0.05, 0) is 0 Å². The summed E-state index contributed by atoms with van der Waals surface area (Å²) in [5, 5.41) is 37.9. The molecule has 9 rings (SSSR count). The quantitative estimate of drug-likeness (QED) is 0.0238. The van der Waals surface area contributed by atoms with E-state index in [1.165, 1.54) is 34.1 Å². The number of carbonyl (C=O) groups is 1. The van der Waals surface area contributed by atoms with Crippen LogP contribution in [0.15, 0.2) is 34.9 Å². The van der Waals surface area contributed by atoms with Crippen LogP contribution in [0, 0.1) is 5.92 Å². The SMILES string of the molecule is CNC(=O)NC[C@H]1[C@@H](O)[C@H]([n+]2cn(C)c3c(=O)[nH]c(N)nc32)O[C@@H]1COP(=O)(O)OP(=O)(O)OP(=O)(O)OC[C@H]1O[C@@H](n2cnc3c(N)ncnc32)[C@H](OC)[C@@H]1OP(=O)(O)OC[C@H]1O[C@@H](n2cnc3c(=O)[nH]c(N)nc32)[C@H](O)[C@@H]1O. The number of rotatable bonds is 21. The number of hydrogen-bond acceptors (Lipinski definition) is 29. The third-order valence-corrected chi connectivity index (χ3v) is 17.7. The van der Waals surface area contributed by atoms with E-state index < -0.39 is 142 Å². The van der Waals surface area contributed by atoms with Gasteiger partial charge in [0.2, 0.25) is 17.7 Å². The van der Waals surface area contributed by atoms with Crippen molar-refractivity contribution in [3.63, 3.8) is 0 Å². The first-order valence-corrected chi connectivity index (χ1v) is 28.8. The van der Waals surface area contributed by atoms with Crippen LogP contribution in [-0.2, 0) is 71.0 Å². The van der Waals surface area contributed by atoms with E-state index in [9.17, 15) is 67.5 Å². The first kappa shape index (κ1) is 58.8. The fourth-order valence-corrected chi connectivity index (χ4v) is 13.4. The summed E-state index contributed by atoms with van der Waals surface area (Å²) in [6, 6.07) is -0.725. The summed E-state index contributed by atoms with van der Waals surface area (Å²) in [7, 11) is -19.7. The number of methoxy groups -OCH3 is 1. The molecule has 6 aromatic heterocycles. The summed E-state index contributed by atoms with van der Waals surface area (Å²) in [5.74, 6) is -1.91. The van der Waals surface area contributed by atoms with Crippen molar-refractivity contribution in [1.29, 1.82) is 0 Å². The van der Waals surface area contributed by atoms with Gasteiger partial charge < -0.3 is 81.7 Å². The van der Waals surface area contributed by atoms with Crippen LogP contribution < -0.4 is 43.5 Å². The largest absolute Gasteiger partial charge is 0.490 e. The smallest absolute Gasteiger partial charge is 0.387 e. The van der Waals surface area contributed by atoms with Crippen LogP contribution in [-0.4, -0.2) is 184 Å². The lowest BCUT2D eigenvalue weighted by Gasteiger charge is -2.26. The number of aromatic amines is 2. The number of urea groups is 1. The molecule has 0 aliphatic carbocycles. The highest BCUT2D eigenvalue weighted by atomic mass is 31.3. The Labute approximate surface area is 444 Å². The number of anilines is 3. The molecule has 0 aromatic carbocycles. The van der Waals surface area contributed by atoms with Gasteiger partial charge in [0.05, 0.1) is 45.6 Å². The van der Waals surface area contributed by atoms with Crippen molar-refractivity contribution in [2.24, 2.45) is 13.0 Å². The molecule has 0 saturated carbocycles. The number of hydrogen-bond donors (Lipinski definition) is 14. The Morgan fingerprint density at radius 3 is 2.01 bits per heavy atom. The van der Waals surface area contributed by atoms with E-state index in [1.54, 1.807) is 0 Å². The van der Waals surface area contributed by atoms with E-state index in [2.05, 4.69) is 59.1 Å². The highest BCUT2D eigenvalue weighted by molar-refractivity contribution is 7.66. The number of ether oxygens (including phenoxy) is 4. The lowest BCUT2D eigenvalue weighted by atomic mass is 9.98. The Bertz CT molecular complexity index is 3640. The molecule has 3 saturated heterocycles. The maximum Gasteiger partial charge on any atom is 0.490 e. The number of aromatic nitrogens is 12. The van der Waals surface area contributed by atoms with Crippen molar-refractivity contribution in [2.45, 2.75) is 67.5 Å². The van der Waals surface area contributed by atoms with Crippen molar-refractivity contribution in [3.8, 4) is 0 Å². The molecule has 80 heavy (non-hydrogen) atoms. The number of imidazole rings is 3. The molecule has 41 nitrogen and oxygen atoms in total. The van der Waals surface area contributed by atoms with Crippen LogP contribution in [0.2, 0.25) is 0 Å². The maximum absolute atomic E-state index is 13.7. The molecule has 0 spiro atoms.